The summed E-state index contributed by atoms with van der Waals surface area (Å²) in [5.74, 6) is 0.203. The normalized spacial score (nSPS) is 18.6. The van der Waals surface area contributed by atoms with Gasteiger partial charge < -0.3 is 34.5 Å². The second-order valence-corrected chi connectivity index (χ2v) is 11.8. The van der Waals surface area contributed by atoms with E-state index in [4.69, 9.17) is 14.2 Å². The molecule has 4 aromatic rings. The molecule has 11 heteroatoms. The van der Waals surface area contributed by atoms with E-state index in [1.807, 2.05) is 96.7 Å². The number of methoxy groups -OCH3 is 1. The molecular formula is C34H38N4O6S. The third kappa shape index (κ3) is 8.95. The average molecular weight is 631 g/mol. The van der Waals surface area contributed by atoms with Crippen LogP contribution in [0.1, 0.15) is 46.6 Å². The van der Waals surface area contributed by atoms with E-state index in [2.05, 4.69) is 15.6 Å². The molecule has 1 aliphatic rings. The monoisotopic (exact) mass is 630 g/mol. The Bertz CT molecular complexity index is 1530. The largest absolute Gasteiger partial charge is 0.467 e. The van der Waals surface area contributed by atoms with Crippen molar-refractivity contribution in [1.29, 1.82) is 0 Å². The van der Waals surface area contributed by atoms with Crippen molar-refractivity contribution in [3.05, 3.63) is 119 Å². The van der Waals surface area contributed by atoms with Crippen LogP contribution in [0.5, 0.6) is 0 Å². The molecule has 2 heterocycles. The number of thioether (sulfide) groups is 1. The molecule has 0 unspecified atom stereocenters. The molecule has 3 N–H and O–H groups in total. The van der Waals surface area contributed by atoms with Gasteiger partial charge in [-0.25, -0.2) is 14.6 Å². The standard InChI is InChI=1S/C34H38N4O6S/c1-38-17-16-35-34(38)45-22-28-19-30(26-12-10-25(21-39)11-13-26)44-32(43-28)27-14-8-24(9-15-27)20-36-33(41)37-29(31(40)42-2)18-23-6-4-3-5-7-23/h3-17,28-30,32,39H,18-22H2,1-2H3,(H2,36,37,41)/t28-,29+,30+,32+/m1/s1. The minimum absolute atomic E-state index is 0.0110. The number of rotatable bonds is 12. The first-order valence-electron chi connectivity index (χ1n) is 14.8. The van der Waals surface area contributed by atoms with Gasteiger partial charge in [0.15, 0.2) is 11.4 Å². The molecule has 0 saturated carbocycles. The Hall–Kier alpha value is -4.16. The number of esters is 1. The summed E-state index contributed by atoms with van der Waals surface area (Å²) in [7, 11) is 3.27. The predicted molar refractivity (Wildman–Crippen MR) is 170 cm³/mol. The van der Waals surface area contributed by atoms with Crippen LogP contribution < -0.4 is 10.6 Å². The first-order chi connectivity index (χ1) is 21.9. The van der Waals surface area contributed by atoms with Crippen LogP contribution in [0.15, 0.2) is 96.4 Å². The second kappa shape index (κ2) is 15.7. The molecule has 1 fully saturated rings. The highest BCUT2D eigenvalue weighted by molar-refractivity contribution is 7.99. The van der Waals surface area contributed by atoms with Crippen molar-refractivity contribution >= 4 is 23.8 Å². The van der Waals surface area contributed by atoms with Crippen molar-refractivity contribution in [3.8, 4) is 0 Å². The number of aliphatic hydroxyl groups excluding tert-OH is 1. The summed E-state index contributed by atoms with van der Waals surface area (Å²) in [6.45, 7) is 0.253. The van der Waals surface area contributed by atoms with E-state index < -0.39 is 24.3 Å². The van der Waals surface area contributed by atoms with Crippen LogP contribution in [0.3, 0.4) is 0 Å². The van der Waals surface area contributed by atoms with Gasteiger partial charge in [0.05, 0.1) is 25.9 Å². The first kappa shape index (κ1) is 32.2. The highest BCUT2D eigenvalue weighted by Gasteiger charge is 2.32. The second-order valence-electron chi connectivity index (χ2n) is 10.8. The Labute approximate surface area is 267 Å². The molecule has 10 nitrogen and oxygen atoms in total. The first-order valence-corrected chi connectivity index (χ1v) is 15.8. The van der Waals surface area contributed by atoms with Gasteiger partial charge in [0.2, 0.25) is 0 Å². The van der Waals surface area contributed by atoms with Crippen molar-refractivity contribution in [1.82, 2.24) is 20.2 Å². The summed E-state index contributed by atoms with van der Waals surface area (Å²) in [4.78, 5) is 29.4. The highest BCUT2D eigenvalue weighted by Crippen LogP contribution is 2.39. The fraction of sp³-hybridized carbons (Fsp3) is 0.324. The van der Waals surface area contributed by atoms with Crippen molar-refractivity contribution < 1.29 is 28.9 Å². The zero-order valence-electron chi connectivity index (χ0n) is 25.3. The van der Waals surface area contributed by atoms with Gasteiger partial charge in [-0.1, -0.05) is 90.6 Å². The van der Waals surface area contributed by atoms with Gasteiger partial charge in [0, 0.05) is 50.1 Å². The number of urea groups is 1. The maximum Gasteiger partial charge on any atom is 0.328 e. The number of nitrogens with one attached hydrogen (secondary N) is 2. The number of aromatic nitrogens is 2. The zero-order chi connectivity index (χ0) is 31.6. The molecule has 3 aromatic carbocycles. The predicted octanol–water partition coefficient (Wildman–Crippen LogP) is 4.83. The fourth-order valence-electron chi connectivity index (χ4n) is 5.05. The summed E-state index contributed by atoms with van der Waals surface area (Å²) in [5, 5.41) is 15.9. The maximum absolute atomic E-state index is 12.7. The van der Waals surface area contributed by atoms with E-state index in [1.54, 1.807) is 18.0 Å². The van der Waals surface area contributed by atoms with Gasteiger partial charge in [0.1, 0.15) is 6.04 Å². The molecule has 1 aliphatic heterocycles. The van der Waals surface area contributed by atoms with Crippen LogP contribution in [0.4, 0.5) is 4.79 Å². The van der Waals surface area contributed by atoms with E-state index in [1.165, 1.54) is 7.11 Å². The van der Waals surface area contributed by atoms with E-state index in [9.17, 15) is 14.7 Å². The molecule has 0 bridgehead atoms. The number of hydrogen-bond donors (Lipinski definition) is 3. The molecule has 0 spiro atoms. The molecule has 236 valence electrons. The topological polar surface area (TPSA) is 124 Å². The summed E-state index contributed by atoms with van der Waals surface area (Å²) >= 11 is 1.64. The number of amides is 2. The lowest BCUT2D eigenvalue weighted by atomic mass is 10.0. The molecular weight excluding hydrogens is 592 g/mol. The molecule has 5 rings (SSSR count). The minimum Gasteiger partial charge on any atom is -0.467 e. The SMILES string of the molecule is COC(=O)[C@H](Cc1ccccc1)NC(=O)NCc1ccc([C@H]2O[C@@H](CSc3nccn3C)C[C@@H](c3ccc(CO)cc3)O2)cc1. The third-order valence-electron chi connectivity index (χ3n) is 7.57. The number of carbonyl (C=O) groups is 2. The average Bonchev–Trinajstić information content (AvgIpc) is 3.50. The van der Waals surface area contributed by atoms with Gasteiger partial charge in [-0.05, 0) is 22.3 Å². The smallest absolute Gasteiger partial charge is 0.328 e. The van der Waals surface area contributed by atoms with Crippen LogP contribution in [0.25, 0.3) is 0 Å². The zero-order valence-corrected chi connectivity index (χ0v) is 26.1. The minimum atomic E-state index is -0.809. The third-order valence-corrected chi connectivity index (χ3v) is 8.76. The molecule has 2 amide bonds. The number of carbonyl (C=O) groups excluding carboxylic acids is 2. The van der Waals surface area contributed by atoms with Gasteiger partial charge in [-0.15, -0.1) is 0 Å². The number of aryl methyl sites for hydroxylation is 1. The number of nitrogens with zero attached hydrogens (tertiary/aromatic N) is 2. The molecule has 4 atom stereocenters. The number of aliphatic hydroxyl groups is 1. The van der Waals surface area contributed by atoms with Crippen molar-refractivity contribution in [2.45, 2.75) is 55.7 Å². The molecule has 0 aliphatic carbocycles. The van der Waals surface area contributed by atoms with Crippen LogP contribution in [-0.2, 0) is 45.6 Å². The number of ether oxygens (including phenoxy) is 3. The Morgan fingerprint density at radius 2 is 1.71 bits per heavy atom. The van der Waals surface area contributed by atoms with Crippen molar-refractivity contribution in [2.75, 3.05) is 12.9 Å². The van der Waals surface area contributed by atoms with Crippen LogP contribution in [0, 0.1) is 0 Å². The lowest BCUT2D eigenvalue weighted by Gasteiger charge is -2.36. The summed E-state index contributed by atoms with van der Waals surface area (Å²) in [6.07, 6.45) is 3.85. The van der Waals surface area contributed by atoms with Crippen LogP contribution in [-0.4, -0.2) is 51.7 Å². The van der Waals surface area contributed by atoms with Gasteiger partial charge >= 0.3 is 12.0 Å². The summed E-state index contributed by atoms with van der Waals surface area (Å²) in [5.41, 5.74) is 4.52. The lowest BCUT2D eigenvalue weighted by molar-refractivity contribution is -0.245. The Kier molecular flexibility index (Phi) is 11.3. The Morgan fingerprint density at radius 3 is 2.38 bits per heavy atom. The van der Waals surface area contributed by atoms with Gasteiger partial charge in [-0.3, -0.25) is 0 Å². The highest BCUT2D eigenvalue weighted by atomic mass is 32.2. The Morgan fingerprint density at radius 1 is 1.00 bits per heavy atom. The number of benzene rings is 3. The van der Waals surface area contributed by atoms with Crippen molar-refractivity contribution in [3.63, 3.8) is 0 Å². The summed E-state index contributed by atoms with van der Waals surface area (Å²) in [6, 6.07) is 23.7. The van der Waals surface area contributed by atoms with Gasteiger partial charge in [0.25, 0.3) is 0 Å². The van der Waals surface area contributed by atoms with Crippen LogP contribution >= 0.6 is 11.8 Å². The van der Waals surface area contributed by atoms with Crippen LogP contribution in [0.2, 0.25) is 0 Å². The molecule has 0 radical (unpaired) electrons. The summed E-state index contributed by atoms with van der Waals surface area (Å²) < 4.78 is 19.8. The van der Waals surface area contributed by atoms with E-state index in [0.717, 1.165) is 33.0 Å². The molecule has 45 heavy (non-hydrogen) atoms. The van der Waals surface area contributed by atoms with Gasteiger partial charge in [-0.2, -0.15) is 0 Å². The van der Waals surface area contributed by atoms with E-state index >= 15 is 0 Å². The number of imidazole rings is 1. The maximum atomic E-state index is 12.7. The number of hydrogen-bond acceptors (Lipinski definition) is 8. The van der Waals surface area contributed by atoms with E-state index in [-0.39, 0.29) is 25.4 Å². The van der Waals surface area contributed by atoms with E-state index in [0.29, 0.717) is 18.6 Å². The fourth-order valence-corrected chi connectivity index (χ4v) is 6.00. The molecule has 1 saturated heterocycles. The lowest BCUT2D eigenvalue weighted by Crippen LogP contribution is -2.47. The molecule has 1 aromatic heterocycles. The van der Waals surface area contributed by atoms with Crippen molar-refractivity contribution in [2.24, 2.45) is 7.05 Å². The Balaban J connectivity index is 1.21. The quantitative estimate of drug-likeness (QED) is 0.150.